The van der Waals surface area contributed by atoms with E-state index in [0.717, 1.165) is 33.2 Å². The van der Waals surface area contributed by atoms with Gasteiger partial charge in [-0.15, -0.1) is 0 Å². The van der Waals surface area contributed by atoms with Gasteiger partial charge in [0.25, 0.3) is 6.71 Å². The molecule has 3 nitrogen and oxygen atoms in total. The Bertz CT molecular complexity index is 2670. The van der Waals surface area contributed by atoms with E-state index in [-0.39, 0.29) is 6.71 Å². The fraction of sp³-hybridized carbons (Fsp3) is 0.0870. The second-order valence-electron chi connectivity index (χ2n) is 14.1. The van der Waals surface area contributed by atoms with Crippen LogP contribution in [0.4, 0.5) is 34.1 Å². The Hall–Kier alpha value is -6.00. The van der Waals surface area contributed by atoms with Crippen LogP contribution in [-0.4, -0.2) is 6.71 Å². The zero-order chi connectivity index (χ0) is 33.7. The first-order valence-corrected chi connectivity index (χ1v) is 17.5. The largest absolute Gasteiger partial charge is 0.456 e. The maximum absolute atomic E-state index is 6.32. The molecule has 0 saturated carbocycles. The molecule has 0 fully saturated rings. The van der Waals surface area contributed by atoms with Gasteiger partial charge in [0.15, 0.2) is 0 Å². The van der Waals surface area contributed by atoms with Crippen LogP contribution in [-0.2, 0) is 0 Å². The molecule has 10 rings (SSSR count). The van der Waals surface area contributed by atoms with Gasteiger partial charge in [-0.2, -0.15) is 0 Å². The van der Waals surface area contributed by atoms with Crippen LogP contribution in [0, 0.1) is 27.7 Å². The van der Waals surface area contributed by atoms with E-state index in [9.17, 15) is 0 Å². The van der Waals surface area contributed by atoms with Crippen molar-refractivity contribution in [3.63, 3.8) is 0 Å². The summed E-state index contributed by atoms with van der Waals surface area (Å²) < 4.78 is 6.32. The minimum absolute atomic E-state index is 0.115. The average Bonchev–Trinajstić information content (AvgIpc) is 3.50. The molecule has 0 amide bonds. The number of aryl methyl sites for hydroxylation is 4. The zero-order valence-corrected chi connectivity index (χ0v) is 28.7. The lowest BCUT2D eigenvalue weighted by molar-refractivity contribution is 0.669. The van der Waals surface area contributed by atoms with Crippen molar-refractivity contribution >= 4 is 79.2 Å². The Morgan fingerprint density at radius 2 is 1.08 bits per heavy atom. The molecular weight excluding hydrogens is 607 g/mol. The van der Waals surface area contributed by atoms with Crippen LogP contribution in [0.2, 0.25) is 0 Å². The van der Waals surface area contributed by atoms with E-state index >= 15 is 0 Å². The van der Waals surface area contributed by atoms with Crippen LogP contribution >= 0.6 is 0 Å². The minimum Gasteiger partial charge on any atom is -0.456 e. The molecule has 1 aromatic heterocycles. The molecule has 8 aromatic rings. The zero-order valence-electron chi connectivity index (χ0n) is 28.7. The van der Waals surface area contributed by atoms with Crippen LogP contribution in [0.15, 0.2) is 144 Å². The highest BCUT2D eigenvalue weighted by Gasteiger charge is 2.43. The Morgan fingerprint density at radius 3 is 1.80 bits per heavy atom. The van der Waals surface area contributed by atoms with Gasteiger partial charge in [0.2, 0.25) is 0 Å². The van der Waals surface area contributed by atoms with Crippen molar-refractivity contribution in [3.8, 4) is 11.1 Å². The van der Waals surface area contributed by atoms with E-state index in [1.807, 2.05) is 12.1 Å². The van der Waals surface area contributed by atoms with Gasteiger partial charge < -0.3 is 14.2 Å². The number of para-hydroxylation sites is 1. The fourth-order valence-corrected chi connectivity index (χ4v) is 8.39. The molecule has 0 radical (unpaired) electrons. The first kappa shape index (κ1) is 29.0. The minimum atomic E-state index is 0.115. The summed E-state index contributed by atoms with van der Waals surface area (Å²) in [5.74, 6) is 0. The van der Waals surface area contributed by atoms with Crippen molar-refractivity contribution in [1.29, 1.82) is 0 Å². The average molecular weight is 643 g/mol. The lowest BCUT2D eigenvalue weighted by atomic mass is 9.33. The molecule has 0 N–H and O–H groups in total. The molecule has 238 valence electrons. The molecule has 2 aliphatic rings. The smallest absolute Gasteiger partial charge is 0.252 e. The molecule has 0 atom stereocenters. The third-order valence-corrected chi connectivity index (χ3v) is 10.8. The van der Waals surface area contributed by atoms with Gasteiger partial charge in [-0.25, -0.2) is 0 Å². The van der Waals surface area contributed by atoms with Gasteiger partial charge in [-0.1, -0.05) is 89.5 Å². The van der Waals surface area contributed by atoms with Gasteiger partial charge in [0, 0.05) is 44.9 Å². The normalized spacial score (nSPS) is 13.1. The van der Waals surface area contributed by atoms with E-state index in [4.69, 9.17) is 4.42 Å². The SMILES string of the molecule is Cc1ccc(N2c3ccc(C)cc3B3c4cc(C)ccc4N(c4ccc(C)c(-c5ccc6c(c5)oc5ccccc56)c4)c4cccc2c43)cc1. The van der Waals surface area contributed by atoms with E-state index in [1.54, 1.807) is 0 Å². The van der Waals surface area contributed by atoms with Gasteiger partial charge in [0.05, 0.1) is 0 Å². The van der Waals surface area contributed by atoms with Crippen LogP contribution < -0.4 is 26.2 Å². The summed E-state index contributed by atoms with van der Waals surface area (Å²) in [4.78, 5) is 4.95. The standard InChI is InChI=1S/C46H35BN2O/c1-28-12-18-33(19-13-28)48-40-22-14-29(2)24-38(40)47-39-25-30(3)15-23-41(39)49(43-10-7-9-42(48)46(43)47)34-20-16-31(4)37(27-34)32-17-21-36-35-8-5-6-11-44(35)50-45(36)26-32/h5-27H,1-4H3. The lowest BCUT2D eigenvalue weighted by Crippen LogP contribution is -2.61. The summed E-state index contributed by atoms with van der Waals surface area (Å²) in [6.07, 6.45) is 0. The van der Waals surface area contributed by atoms with Crippen LogP contribution in [0.5, 0.6) is 0 Å². The Kier molecular flexibility index (Phi) is 6.23. The Balaban J connectivity index is 1.20. The number of anilines is 6. The molecule has 2 aliphatic heterocycles. The second kappa shape index (κ2) is 10.8. The highest BCUT2D eigenvalue weighted by atomic mass is 16.3. The lowest BCUT2D eigenvalue weighted by Gasteiger charge is -2.44. The van der Waals surface area contributed by atoms with E-state index in [2.05, 4.69) is 165 Å². The van der Waals surface area contributed by atoms with Crippen LogP contribution in [0.1, 0.15) is 22.3 Å². The van der Waals surface area contributed by atoms with E-state index in [1.165, 1.54) is 72.6 Å². The van der Waals surface area contributed by atoms with Gasteiger partial charge in [0.1, 0.15) is 11.2 Å². The quantitative estimate of drug-likeness (QED) is 0.179. The highest BCUT2D eigenvalue weighted by Crippen LogP contribution is 2.45. The summed E-state index contributed by atoms with van der Waals surface area (Å²) in [6, 6.07) is 51.6. The molecular formula is C46H35BN2O. The van der Waals surface area contributed by atoms with Crippen molar-refractivity contribution in [3.05, 3.63) is 162 Å². The van der Waals surface area contributed by atoms with Crippen molar-refractivity contribution in [2.75, 3.05) is 9.80 Å². The maximum Gasteiger partial charge on any atom is 0.252 e. The highest BCUT2D eigenvalue weighted by molar-refractivity contribution is 7.00. The first-order valence-electron chi connectivity index (χ1n) is 17.5. The summed E-state index contributed by atoms with van der Waals surface area (Å²) >= 11 is 0. The molecule has 0 spiro atoms. The summed E-state index contributed by atoms with van der Waals surface area (Å²) in [6.45, 7) is 8.89. The number of benzene rings is 7. The summed E-state index contributed by atoms with van der Waals surface area (Å²) in [5, 5.41) is 2.30. The van der Waals surface area contributed by atoms with Crippen molar-refractivity contribution < 1.29 is 4.42 Å². The predicted octanol–water partition coefficient (Wildman–Crippen LogP) is 10.6. The topological polar surface area (TPSA) is 19.6 Å². The molecule has 3 heterocycles. The number of hydrogen-bond donors (Lipinski definition) is 0. The predicted molar refractivity (Wildman–Crippen MR) is 212 cm³/mol. The Morgan fingerprint density at radius 1 is 0.460 bits per heavy atom. The van der Waals surface area contributed by atoms with Gasteiger partial charge >= 0.3 is 0 Å². The summed E-state index contributed by atoms with van der Waals surface area (Å²) in [7, 11) is 0. The first-order chi connectivity index (χ1) is 24.4. The molecule has 0 unspecified atom stereocenters. The maximum atomic E-state index is 6.32. The van der Waals surface area contributed by atoms with Gasteiger partial charge in [-0.3, -0.25) is 0 Å². The molecule has 50 heavy (non-hydrogen) atoms. The number of nitrogens with zero attached hydrogens (tertiary/aromatic N) is 2. The molecule has 0 aliphatic carbocycles. The molecule has 0 saturated heterocycles. The van der Waals surface area contributed by atoms with E-state index in [0.29, 0.717) is 0 Å². The number of rotatable bonds is 3. The van der Waals surface area contributed by atoms with Gasteiger partial charge in [-0.05, 0) is 128 Å². The molecule has 4 heteroatoms. The second-order valence-corrected chi connectivity index (χ2v) is 14.1. The molecule has 7 aromatic carbocycles. The van der Waals surface area contributed by atoms with Crippen LogP contribution in [0.3, 0.4) is 0 Å². The Labute approximate surface area is 293 Å². The van der Waals surface area contributed by atoms with Crippen molar-refractivity contribution in [2.45, 2.75) is 27.7 Å². The van der Waals surface area contributed by atoms with E-state index < -0.39 is 0 Å². The number of furan rings is 1. The molecule has 0 bridgehead atoms. The number of hydrogen-bond acceptors (Lipinski definition) is 3. The van der Waals surface area contributed by atoms with Crippen molar-refractivity contribution in [1.82, 2.24) is 0 Å². The van der Waals surface area contributed by atoms with Crippen LogP contribution in [0.25, 0.3) is 33.1 Å². The van der Waals surface area contributed by atoms with Crippen molar-refractivity contribution in [2.24, 2.45) is 0 Å². The third-order valence-electron chi connectivity index (χ3n) is 10.8. The number of fused-ring (bicyclic) bond motifs is 7. The monoisotopic (exact) mass is 642 g/mol. The third kappa shape index (κ3) is 4.24. The summed E-state index contributed by atoms with van der Waals surface area (Å²) in [5.41, 5.74) is 20.5. The fourth-order valence-electron chi connectivity index (χ4n) is 8.39.